The lowest BCUT2D eigenvalue weighted by Gasteiger charge is -2.24. The van der Waals surface area contributed by atoms with Gasteiger partial charge in [-0.15, -0.1) is 0 Å². The number of carbonyl (C=O) groups excluding carboxylic acids is 1. The number of para-hydroxylation sites is 1. The van der Waals surface area contributed by atoms with Gasteiger partial charge in [-0.05, 0) is 41.8 Å². The Morgan fingerprint density at radius 1 is 1.36 bits per heavy atom. The zero-order valence-corrected chi connectivity index (χ0v) is 13.9. The summed E-state index contributed by atoms with van der Waals surface area (Å²) in [5.41, 5.74) is 2.74. The maximum absolute atomic E-state index is 13.6. The normalized spacial score (nSPS) is 25.0. The first-order valence-corrected chi connectivity index (χ1v) is 8.32. The third-order valence-electron chi connectivity index (χ3n) is 5.43. The van der Waals surface area contributed by atoms with Gasteiger partial charge in [-0.3, -0.25) is 9.69 Å². The maximum atomic E-state index is 13.6. The highest BCUT2D eigenvalue weighted by molar-refractivity contribution is 6.07. The summed E-state index contributed by atoms with van der Waals surface area (Å²) in [4.78, 5) is 14.9. The molecule has 0 aromatic heterocycles. The van der Waals surface area contributed by atoms with Crippen LogP contribution in [0.2, 0.25) is 0 Å². The molecule has 1 amide bonds. The van der Waals surface area contributed by atoms with Crippen LogP contribution in [0.4, 0.5) is 10.1 Å². The quantitative estimate of drug-likeness (QED) is 0.918. The number of hydrogen-bond donors (Lipinski definition) is 1. The lowest BCUT2D eigenvalue weighted by molar-refractivity contribution is -0.121. The van der Waals surface area contributed by atoms with E-state index in [-0.39, 0.29) is 11.7 Å². The van der Waals surface area contributed by atoms with Crippen LogP contribution >= 0.6 is 0 Å². The van der Waals surface area contributed by atoms with Crippen LogP contribution in [0.15, 0.2) is 42.5 Å². The lowest BCUT2D eigenvalue weighted by atomic mass is 9.74. The van der Waals surface area contributed by atoms with E-state index in [1.807, 2.05) is 31.2 Å². The predicted molar refractivity (Wildman–Crippen MR) is 92.3 cm³/mol. The third kappa shape index (κ3) is 2.33. The average molecular weight is 335 g/mol. The van der Waals surface area contributed by atoms with Crippen LogP contribution in [0, 0.1) is 30.0 Å². The Morgan fingerprint density at radius 3 is 2.96 bits per heavy atom. The molecule has 1 N–H and O–H groups in total. The van der Waals surface area contributed by atoms with Gasteiger partial charge in [0.15, 0.2) is 0 Å². The van der Waals surface area contributed by atoms with Crippen molar-refractivity contribution in [2.45, 2.75) is 18.9 Å². The molecular weight excluding hydrogens is 317 g/mol. The number of likely N-dealkylation sites (tertiary alicyclic amines) is 1. The van der Waals surface area contributed by atoms with Gasteiger partial charge in [0.25, 0.3) is 0 Å². The Labute approximate surface area is 145 Å². The van der Waals surface area contributed by atoms with Crippen LogP contribution in [0.3, 0.4) is 0 Å². The Morgan fingerprint density at radius 2 is 2.16 bits per heavy atom. The highest BCUT2D eigenvalue weighted by Crippen LogP contribution is 2.47. The Hall–Kier alpha value is -2.71. The van der Waals surface area contributed by atoms with Crippen molar-refractivity contribution in [1.29, 1.82) is 5.26 Å². The molecule has 5 heteroatoms. The van der Waals surface area contributed by atoms with E-state index in [9.17, 15) is 14.4 Å². The van der Waals surface area contributed by atoms with Crippen molar-refractivity contribution in [3.8, 4) is 6.07 Å². The van der Waals surface area contributed by atoms with Gasteiger partial charge in [0.05, 0.1) is 12.0 Å². The summed E-state index contributed by atoms with van der Waals surface area (Å²) in [6, 6.07) is 14.6. The van der Waals surface area contributed by atoms with Crippen LogP contribution in [0.1, 0.15) is 16.7 Å². The molecule has 2 atom stereocenters. The minimum absolute atomic E-state index is 0.112. The van der Waals surface area contributed by atoms with Crippen LogP contribution in [-0.2, 0) is 16.8 Å². The topological polar surface area (TPSA) is 56.1 Å². The lowest BCUT2D eigenvalue weighted by Crippen LogP contribution is -2.41. The number of anilines is 1. The maximum Gasteiger partial charge on any atom is 0.237 e. The fraction of sp³-hybridized carbons (Fsp3) is 0.300. The first kappa shape index (κ1) is 15.8. The van der Waals surface area contributed by atoms with E-state index in [4.69, 9.17) is 0 Å². The summed E-state index contributed by atoms with van der Waals surface area (Å²) < 4.78 is 13.6. The van der Waals surface area contributed by atoms with Crippen LogP contribution in [0.25, 0.3) is 0 Å². The van der Waals surface area contributed by atoms with Crippen molar-refractivity contribution < 1.29 is 9.18 Å². The number of hydrogen-bond acceptors (Lipinski definition) is 3. The minimum atomic E-state index is -0.841. The SMILES string of the molecule is Cc1ccc(F)cc1CN1CC(C#N)C2(C1)C(=O)Nc1ccccc12. The summed E-state index contributed by atoms with van der Waals surface area (Å²) in [7, 11) is 0. The van der Waals surface area contributed by atoms with Crippen molar-refractivity contribution in [2.75, 3.05) is 18.4 Å². The first-order chi connectivity index (χ1) is 12.0. The van der Waals surface area contributed by atoms with E-state index in [1.165, 1.54) is 12.1 Å². The average Bonchev–Trinajstić information content (AvgIpc) is 3.10. The molecule has 2 aromatic carbocycles. The second kappa shape index (κ2) is 5.68. The molecule has 0 saturated carbocycles. The molecule has 1 fully saturated rings. The summed E-state index contributed by atoms with van der Waals surface area (Å²) in [6.07, 6.45) is 0. The minimum Gasteiger partial charge on any atom is -0.325 e. The molecule has 0 aliphatic carbocycles. The highest BCUT2D eigenvalue weighted by Gasteiger charge is 2.57. The molecule has 2 aliphatic heterocycles. The number of benzene rings is 2. The van der Waals surface area contributed by atoms with Crippen molar-refractivity contribution in [2.24, 2.45) is 5.92 Å². The number of amides is 1. The van der Waals surface area contributed by atoms with E-state index < -0.39 is 11.3 Å². The van der Waals surface area contributed by atoms with E-state index in [0.29, 0.717) is 19.6 Å². The van der Waals surface area contributed by atoms with E-state index >= 15 is 0 Å². The number of rotatable bonds is 2. The molecule has 2 aromatic rings. The summed E-state index contributed by atoms with van der Waals surface area (Å²) in [5.74, 6) is -0.806. The van der Waals surface area contributed by atoms with E-state index in [2.05, 4.69) is 16.3 Å². The number of halogens is 1. The Kier molecular flexibility index (Phi) is 3.59. The zero-order chi connectivity index (χ0) is 17.6. The van der Waals surface area contributed by atoms with Crippen molar-refractivity contribution in [3.63, 3.8) is 0 Å². The Bertz CT molecular complexity index is 904. The number of nitriles is 1. The first-order valence-electron chi connectivity index (χ1n) is 8.32. The number of nitrogens with one attached hydrogen (secondary N) is 1. The number of carbonyl (C=O) groups is 1. The molecule has 1 spiro atoms. The van der Waals surface area contributed by atoms with Gasteiger partial charge in [-0.1, -0.05) is 24.3 Å². The molecule has 126 valence electrons. The second-order valence-corrected chi connectivity index (χ2v) is 6.89. The molecular formula is C20H18FN3O. The van der Waals surface area contributed by atoms with E-state index in [1.54, 1.807) is 6.07 Å². The van der Waals surface area contributed by atoms with Gasteiger partial charge < -0.3 is 5.32 Å². The number of aryl methyl sites for hydroxylation is 1. The van der Waals surface area contributed by atoms with Crippen molar-refractivity contribution >= 4 is 11.6 Å². The van der Waals surface area contributed by atoms with Gasteiger partial charge in [-0.25, -0.2) is 4.39 Å². The third-order valence-corrected chi connectivity index (χ3v) is 5.43. The molecule has 2 unspecified atom stereocenters. The van der Waals surface area contributed by atoms with Crippen molar-refractivity contribution in [3.05, 3.63) is 65.0 Å². The van der Waals surface area contributed by atoms with Gasteiger partial charge in [0, 0.05) is 25.3 Å². The smallest absolute Gasteiger partial charge is 0.237 e. The molecule has 25 heavy (non-hydrogen) atoms. The summed E-state index contributed by atoms with van der Waals surface area (Å²) in [6.45, 7) is 3.43. The highest BCUT2D eigenvalue weighted by atomic mass is 19.1. The van der Waals surface area contributed by atoms with Crippen LogP contribution in [-0.4, -0.2) is 23.9 Å². The fourth-order valence-electron chi connectivity index (χ4n) is 4.10. The number of nitrogens with zero attached hydrogens (tertiary/aromatic N) is 2. The van der Waals surface area contributed by atoms with E-state index in [0.717, 1.165) is 22.4 Å². The monoisotopic (exact) mass is 335 g/mol. The van der Waals surface area contributed by atoms with Crippen molar-refractivity contribution in [1.82, 2.24) is 4.90 Å². The molecule has 1 saturated heterocycles. The molecule has 2 aliphatic rings. The number of fused-ring (bicyclic) bond motifs is 2. The molecule has 4 rings (SSSR count). The summed E-state index contributed by atoms with van der Waals surface area (Å²) >= 11 is 0. The Balaban J connectivity index is 1.69. The molecule has 4 nitrogen and oxygen atoms in total. The second-order valence-electron chi connectivity index (χ2n) is 6.89. The van der Waals surface area contributed by atoms with Gasteiger partial charge >= 0.3 is 0 Å². The molecule has 2 heterocycles. The largest absolute Gasteiger partial charge is 0.325 e. The van der Waals surface area contributed by atoms with Gasteiger partial charge in [0.2, 0.25) is 5.91 Å². The van der Waals surface area contributed by atoms with Crippen LogP contribution < -0.4 is 5.32 Å². The van der Waals surface area contributed by atoms with Crippen LogP contribution in [0.5, 0.6) is 0 Å². The van der Waals surface area contributed by atoms with Gasteiger partial charge in [0.1, 0.15) is 11.2 Å². The zero-order valence-electron chi connectivity index (χ0n) is 13.9. The summed E-state index contributed by atoms with van der Waals surface area (Å²) in [5, 5.41) is 12.6. The van der Waals surface area contributed by atoms with Gasteiger partial charge in [-0.2, -0.15) is 5.26 Å². The standard InChI is InChI=1S/C20H18FN3O/c1-13-6-7-16(21)8-14(13)10-24-11-15(9-22)20(12-24)17-4-2-3-5-18(17)23-19(20)25/h2-8,15H,10-12H2,1H3,(H,23,25). The molecule has 0 bridgehead atoms. The fourth-order valence-corrected chi connectivity index (χ4v) is 4.10. The predicted octanol–water partition coefficient (Wildman–Crippen LogP) is 2.98. The molecule has 0 radical (unpaired) electrons.